The summed E-state index contributed by atoms with van der Waals surface area (Å²) in [6.45, 7) is 6.42. The number of carbonyl (C=O) groups is 1. The Morgan fingerprint density at radius 1 is 1.27 bits per heavy atom. The molecule has 2 heterocycles. The van der Waals surface area contributed by atoms with Crippen LogP contribution < -0.4 is 4.74 Å². The molecular formula is C17H23NO4. The maximum atomic E-state index is 12.5. The van der Waals surface area contributed by atoms with E-state index in [2.05, 4.69) is 0 Å². The van der Waals surface area contributed by atoms with Crippen LogP contribution in [0, 0.1) is 6.92 Å². The smallest absolute Gasteiger partial charge is 0.263 e. The summed E-state index contributed by atoms with van der Waals surface area (Å²) < 4.78 is 17.1. The van der Waals surface area contributed by atoms with Gasteiger partial charge in [0.1, 0.15) is 5.75 Å². The Kier molecular flexibility index (Phi) is 4.36. The lowest BCUT2D eigenvalue weighted by Crippen LogP contribution is -2.50. The average Bonchev–Trinajstić information content (AvgIpc) is 2.95. The van der Waals surface area contributed by atoms with Crippen LogP contribution in [-0.2, 0) is 14.3 Å². The zero-order valence-corrected chi connectivity index (χ0v) is 13.2. The van der Waals surface area contributed by atoms with E-state index in [1.54, 1.807) is 6.92 Å². The molecule has 0 bridgehead atoms. The Morgan fingerprint density at radius 2 is 1.95 bits per heavy atom. The van der Waals surface area contributed by atoms with Gasteiger partial charge in [-0.1, -0.05) is 12.1 Å². The molecule has 120 valence electrons. The normalized spacial score (nSPS) is 21.8. The predicted octanol–water partition coefficient (Wildman–Crippen LogP) is 2.13. The van der Waals surface area contributed by atoms with Gasteiger partial charge in [0.05, 0.1) is 13.2 Å². The number of rotatable bonds is 3. The summed E-state index contributed by atoms with van der Waals surface area (Å²) in [5, 5.41) is 0. The highest BCUT2D eigenvalue weighted by Crippen LogP contribution is 2.31. The third kappa shape index (κ3) is 3.25. The van der Waals surface area contributed by atoms with Crippen LogP contribution in [0.3, 0.4) is 0 Å². The second-order valence-corrected chi connectivity index (χ2v) is 6.01. The maximum absolute atomic E-state index is 12.5. The van der Waals surface area contributed by atoms with E-state index in [4.69, 9.17) is 14.2 Å². The second-order valence-electron chi connectivity index (χ2n) is 6.01. The lowest BCUT2D eigenvalue weighted by atomic mass is 10.0. The number of likely N-dealkylation sites (tertiary alicyclic amines) is 1. The number of aryl methyl sites for hydroxylation is 1. The van der Waals surface area contributed by atoms with Crippen molar-refractivity contribution in [3.63, 3.8) is 0 Å². The van der Waals surface area contributed by atoms with Crippen molar-refractivity contribution in [2.75, 3.05) is 26.3 Å². The van der Waals surface area contributed by atoms with Crippen molar-refractivity contribution < 1.29 is 19.0 Å². The molecule has 2 aliphatic heterocycles. The summed E-state index contributed by atoms with van der Waals surface area (Å²) in [5.74, 6) is 0.309. The Bertz CT molecular complexity index is 529. The molecular weight excluding hydrogens is 282 g/mol. The van der Waals surface area contributed by atoms with Gasteiger partial charge in [-0.15, -0.1) is 0 Å². The lowest BCUT2D eigenvalue weighted by Gasteiger charge is -2.38. The number of hydrogen-bond acceptors (Lipinski definition) is 4. The van der Waals surface area contributed by atoms with Gasteiger partial charge in [0.2, 0.25) is 0 Å². The molecule has 22 heavy (non-hydrogen) atoms. The van der Waals surface area contributed by atoms with E-state index in [0.717, 1.165) is 24.2 Å². The standard InChI is InChI=1S/C17H23NO4/c1-13-4-3-5-15(12-13)22-14(2)16(19)18-8-6-17(7-9-18)20-10-11-21-17/h3-5,12,14H,6-11H2,1-2H3. The van der Waals surface area contributed by atoms with Crippen molar-refractivity contribution in [3.8, 4) is 5.75 Å². The highest BCUT2D eigenvalue weighted by molar-refractivity contribution is 5.81. The van der Waals surface area contributed by atoms with E-state index in [1.165, 1.54) is 0 Å². The molecule has 3 rings (SSSR count). The minimum atomic E-state index is -0.485. The molecule has 1 aromatic rings. The number of amides is 1. The minimum Gasteiger partial charge on any atom is -0.481 e. The summed E-state index contributed by atoms with van der Waals surface area (Å²) in [5.41, 5.74) is 1.12. The topological polar surface area (TPSA) is 48.0 Å². The molecule has 5 heteroatoms. The van der Waals surface area contributed by atoms with Crippen molar-refractivity contribution in [2.24, 2.45) is 0 Å². The van der Waals surface area contributed by atoms with Crippen LogP contribution in [0.2, 0.25) is 0 Å². The Hall–Kier alpha value is -1.59. The highest BCUT2D eigenvalue weighted by Gasteiger charge is 2.41. The molecule has 0 aliphatic carbocycles. The van der Waals surface area contributed by atoms with Gasteiger partial charge in [0, 0.05) is 25.9 Å². The molecule has 1 aromatic carbocycles. The van der Waals surface area contributed by atoms with E-state index in [0.29, 0.717) is 26.3 Å². The van der Waals surface area contributed by atoms with Crippen LogP contribution in [0.15, 0.2) is 24.3 Å². The molecule has 5 nitrogen and oxygen atoms in total. The van der Waals surface area contributed by atoms with Gasteiger partial charge in [0.25, 0.3) is 5.91 Å². The van der Waals surface area contributed by atoms with E-state index < -0.39 is 11.9 Å². The summed E-state index contributed by atoms with van der Waals surface area (Å²) in [4.78, 5) is 14.4. The fraction of sp³-hybridized carbons (Fsp3) is 0.588. The summed E-state index contributed by atoms with van der Waals surface area (Å²) in [6.07, 6.45) is 0.979. The average molecular weight is 305 g/mol. The molecule has 0 N–H and O–H groups in total. The van der Waals surface area contributed by atoms with Crippen molar-refractivity contribution >= 4 is 5.91 Å². The van der Waals surface area contributed by atoms with E-state index in [9.17, 15) is 4.79 Å². The van der Waals surface area contributed by atoms with Crippen molar-refractivity contribution in [1.82, 2.24) is 4.90 Å². The molecule has 2 saturated heterocycles. The second kappa shape index (κ2) is 6.26. The number of nitrogens with zero attached hydrogens (tertiary/aromatic N) is 1. The van der Waals surface area contributed by atoms with Crippen LogP contribution in [0.4, 0.5) is 0 Å². The molecule has 0 aromatic heterocycles. The van der Waals surface area contributed by atoms with Gasteiger partial charge >= 0.3 is 0 Å². The Labute approximate surface area is 131 Å². The van der Waals surface area contributed by atoms with Crippen LogP contribution in [0.1, 0.15) is 25.3 Å². The van der Waals surface area contributed by atoms with E-state index >= 15 is 0 Å². The van der Waals surface area contributed by atoms with Crippen LogP contribution in [0.25, 0.3) is 0 Å². The predicted molar refractivity (Wildman–Crippen MR) is 81.7 cm³/mol. The zero-order valence-electron chi connectivity index (χ0n) is 13.2. The van der Waals surface area contributed by atoms with E-state index in [1.807, 2.05) is 36.1 Å². The monoisotopic (exact) mass is 305 g/mol. The first-order valence-corrected chi connectivity index (χ1v) is 7.88. The van der Waals surface area contributed by atoms with Crippen molar-refractivity contribution in [2.45, 2.75) is 38.6 Å². The molecule has 1 amide bonds. The fourth-order valence-corrected chi connectivity index (χ4v) is 3.05. The van der Waals surface area contributed by atoms with Gasteiger partial charge < -0.3 is 19.1 Å². The van der Waals surface area contributed by atoms with Crippen LogP contribution >= 0.6 is 0 Å². The van der Waals surface area contributed by atoms with Gasteiger partial charge in [-0.25, -0.2) is 0 Å². The van der Waals surface area contributed by atoms with Crippen LogP contribution in [0.5, 0.6) is 5.75 Å². The summed E-state index contributed by atoms with van der Waals surface area (Å²) >= 11 is 0. The maximum Gasteiger partial charge on any atom is 0.263 e. The zero-order chi connectivity index (χ0) is 15.6. The molecule has 1 spiro atoms. The quantitative estimate of drug-likeness (QED) is 0.858. The molecule has 0 radical (unpaired) electrons. The fourth-order valence-electron chi connectivity index (χ4n) is 3.05. The first kappa shape index (κ1) is 15.3. The summed E-state index contributed by atoms with van der Waals surface area (Å²) in [7, 11) is 0. The number of piperidine rings is 1. The summed E-state index contributed by atoms with van der Waals surface area (Å²) in [6, 6.07) is 7.75. The molecule has 1 atom stereocenters. The third-order valence-corrected chi connectivity index (χ3v) is 4.30. The molecule has 2 fully saturated rings. The lowest BCUT2D eigenvalue weighted by molar-refractivity contribution is -0.188. The minimum absolute atomic E-state index is 0.0225. The molecule has 0 saturated carbocycles. The van der Waals surface area contributed by atoms with Crippen molar-refractivity contribution in [1.29, 1.82) is 0 Å². The third-order valence-electron chi connectivity index (χ3n) is 4.30. The largest absolute Gasteiger partial charge is 0.481 e. The number of hydrogen-bond donors (Lipinski definition) is 0. The first-order chi connectivity index (χ1) is 10.6. The van der Waals surface area contributed by atoms with Gasteiger partial charge in [-0.2, -0.15) is 0 Å². The number of carbonyl (C=O) groups excluding carboxylic acids is 1. The van der Waals surface area contributed by atoms with Crippen LogP contribution in [-0.4, -0.2) is 49.0 Å². The van der Waals surface area contributed by atoms with E-state index in [-0.39, 0.29) is 5.91 Å². The first-order valence-electron chi connectivity index (χ1n) is 7.88. The SMILES string of the molecule is Cc1cccc(OC(C)C(=O)N2CCC3(CC2)OCCO3)c1. The van der Waals surface area contributed by atoms with Gasteiger partial charge in [-0.05, 0) is 31.5 Å². The highest BCUT2D eigenvalue weighted by atomic mass is 16.7. The molecule has 1 unspecified atom stereocenters. The molecule has 2 aliphatic rings. The number of ether oxygens (including phenoxy) is 3. The van der Waals surface area contributed by atoms with Gasteiger partial charge in [-0.3, -0.25) is 4.79 Å². The number of benzene rings is 1. The Morgan fingerprint density at radius 3 is 2.59 bits per heavy atom. The van der Waals surface area contributed by atoms with Crippen molar-refractivity contribution in [3.05, 3.63) is 29.8 Å². The Balaban J connectivity index is 1.55. The van der Waals surface area contributed by atoms with Gasteiger partial charge in [0.15, 0.2) is 11.9 Å².